The summed E-state index contributed by atoms with van der Waals surface area (Å²) in [5.41, 5.74) is 5.08. The van der Waals surface area contributed by atoms with Gasteiger partial charge in [-0.05, 0) is 20.3 Å². The number of carbonyl (C=O) groups excluding carboxylic acids is 9. The van der Waals surface area contributed by atoms with E-state index in [2.05, 4.69) is 47.9 Å². The Morgan fingerprint density at radius 3 is 1.31 bits per heavy atom. The average Bonchev–Trinajstić information content (AvgIpc) is 3.03. The molecule has 0 saturated carbocycles. The number of carbonyl (C=O) groups is 11. The second kappa shape index (κ2) is 22.6. The minimum atomic E-state index is -1.45. The maximum atomic E-state index is 12.5. The molecule has 48 heavy (non-hydrogen) atoms. The minimum Gasteiger partial charge on any atom is -0.481 e. The van der Waals surface area contributed by atoms with Crippen LogP contribution in [0.4, 0.5) is 0 Å². The number of carboxylic acids is 2. The largest absolute Gasteiger partial charge is 0.481 e. The molecule has 0 aliphatic rings. The van der Waals surface area contributed by atoms with Crippen molar-refractivity contribution >= 4 is 65.1 Å². The second-order valence-corrected chi connectivity index (χ2v) is 9.72. The minimum absolute atomic E-state index is 0.325. The molecule has 0 bridgehead atoms. The third-order valence-corrected chi connectivity index (χ3v) is 5.63. The molecule has 268 valence electrons. The van der Waals surface area contributed by atoms with Crippen LogP contribution in [0.2, 0.25) is 0 Å². The van der Waals surface area contributed by atoms with Crippen LogP contribution in [0.25, 0.3) is 0 Å². The van der Waals surface area contributed by atoms with E-state index in [4.69, 9.17) is 15.9 Å². The topological polar surface area (TPSA) is 363 Å². The van der Waals surface area contributed by atoms with Gasteiger partial charge in [0.05, 0.1) is 45.8 Å². The zero-order chi connectivity index (χ0) is 36.8. The predicted octanol–water partition coefficient (Wildman–Crippen LogP) is -7.91. The maximum absolute atomic E-state index is 12.5. The summed E-state index contributed by atoms with van der Waals surface area (Å²) >= 11 is 0. The molecule has 0 rings (SSSR count). The van der Waals surface area contributed by atoms with E-state index >= 15 is 0 Å². The van der Waals surface area contributed by atoms with Crippen LogP contribution in [0.3, 0.4) is 0 Å². The van der Waals surface area contributed by atoms with E-state index in [-0.39, 0.29) is 6.54 Å². The van der Waals surface area contributed by atoms with Gasteiger partial charge in [-0.25, -0.2) is 0 Å². The van der Waals surface area contributed by atoms with Gasteiger partial charge in [-0.2, -0.15) is 0 Å². The Labute approximate surface area is 272 Å². The highest BCUT2D eigenvalue weighted by molar-refractivity contribution is 5.95. The lowest BCUT2D eigenvalue weighted by Gasteiger charge is -2.18. The Morgan fingerprint density at radius 1 is 0.500 bits per heavy atom. The normalized spacial score (nSPS) is 12.0. The summed E-state index contributed by atoms with van der Waals surface area (Å²) in [6, 6.07) is -3.80. The van der Waals surface area contributed by atoms with Gasteiger partial charge in [0, 0.05) is 6.42 Å². The molecule has 0 aliphatic carbocycles. The van der Waals surface area contributed by atoms with E-state index in [1.165, 1.54) is 13.8 Å². The van der Waals surface area contributed by atoms with Gasteiger partial charge < -0.3 is 63.8 Å². The van der Waals surface area contributed by atoms with E-state index in [1.807, 2.05) is 0 Å². The molecule has 0 radical (unpaired) electrons. The fourth-order valence-electron chi connectivity index (χ4n) is 3.08. The quantitative estimate of drug-likeness (QED) is 0.0503. The summed E-state index contributed by atoms with van der Waals surface area (Å²) in [7, 11) is 0. The van der Waals surface area contributed by atoms with E-state index in [9.17, 15) is 52.7 Å². The highest BCUT2D eigenvalue weighted by Crippen LogP contribution is 1.98. The lowest BCUT2D eigenvalue weighted by Crippen LogP contribution is -2.52. The number of hydrogen-bond acceptors (Lipinski definition) is 12. The Morgan fingerprint density at radius 2 is 0.875 bits per heavy atom. The van der Waals surface area contributed by atoms with Gasteiger partial charge in [0.1, 0.15) is 18.1 Å². The lowest BCUT2D eigenvalue weighted by molar-refractivity contribution is -0.141. The van der Waals surface area contributed by atoms with Gasteiger partial charge in [0.25, 0.3) is 0 Å². The molecule has 0 aromatic carbocycles. The molecule has 3 atom stereocenters. The first-order chi connectivity index (χ1) is 22.4. The molecule has 0 aromatic rings. The fraction of sp³-hybridized carbons (Fsp3) is 0.560. The number of hydrogen-bond donors (Lipinski definition) is 12. The highest BCUT2D eigenvalue weighted by atomic mass is 16.4. The number of carboxylic acid groups (broad SMARTS) is 2. The third kappa shape index (κ3) is 20.2. The molecule has 0 saturated heterocycles. The van der Waals surface area contributed by atoms with Crippen molar-refractivity contribution in [2.75, 3.05) is 45.8 Å². The number of rotatable bonds is 22. The summed E-state index contributed by atoms with van der Waals surface area (Å²) < 4.78 is 0. The molecule has 23 heteroatoms. The van der Waals surface area contributed by atoms with Crippen LogP contribution in [0.5, 0.6) is 0 Å². The van der Waals surface area contributed by atoms with E-state index < -0.39 is 135 Å². The highest BCUT2D eigenvalue weighted by Gasteiger charge is 2.23. The molecular weight excluding hydrogens is 648 g/mol. The molecule has 0 aliphatic heterocycles. The zero-order valence-corrected chi connectivity index (χ0v) is 26.1. The lowest BCUT2D eigenvalue weighted by atomic mass is 10.1. The van der Waals surface area contributed by atoms with Crippen molar-refractivity contribution in [3.63, 3.8) is 0 Å². The molecule has 0 aromatic heterocycles. The van der Waals surface area contributed by atoms with Gasteiger partial charge in [-0.3, -0.25) is 52.7 Å². The molecule has 0 unspecified atom stereocenters. The summed E-state index contributed by atoms with van der Waals surface area (Å²) in [6.07, 6.45) is -0.953. The van der Waals surface area contributed by atoms with Gasteiger partial charge in [0.15, 0.2) is 0 Å². The molecule has 0 heterocycles. The number of nitrogens with two attached hydrogens (primary N) is 1. The van der Waals surface area contributed by atoms with E-state index in [0.717, 1.165) is 0 Å². The molecule has 13 N–H and O–H groups in total. The Kier molecular flexibility index (Phi) is 19.8. The number of aliphatic carboxylic acids is 2. The van der Waals surface area contributed by atoms with Crippen LogP contribution >= 0.6 is 0 Å². The Hall–Kier alpha value is -5.87. The Balaban J connectivity index is 4.64. The molecule has 0 fully saturated rings. The van der Waals surface area contributed by atoms with E-state index in [0.29, 0.717) is 0 Å². The van der Waals surface area contributed by atoms with Gasteiger partial charge in [0.2, 0.25) is 53.2 Å². The van der Waals surface area contributed by atoms with Gasteiger partial charge in [-0.1, -0.05) is 0 Å². The van der Waals surface area contributed by atoms with Crippen LogP contribution < -0.4 is 53.6 Å². The monoisotopic (exact) mass is 688 g/mol. The van der Waals surface area contributed by atoms with Crippen molar-refractivity contribution in [1.82, 2.24) is 47.9 Å². The molecule has 0 spiro atoms. The molecule has 23 nitrogen and oxygen atoms in total. The van der Waals surface area contributed by atoms with Crippen LogP contribution in [-0.4, -0.2) is 139 Å². The van der Waals surface area contributed by atoms with Crippen LogP contribution in [0.1, 0.15) is 26.7 Å². The summed E-state index contributed by atoms with van der Waals surface area (Å²) in [5.74, 6) is -9.83. The van der Waals surface area contributed by atoms with Crippen LogP contribution in [-0.2, 0) is 52.7 Å². The average molecular weight is 689 g/mol. The number of amides is 9. The SMILES string of the molecule is C[C@H](NC(=O)CNC(=O)CNC(=O)[C@H](CCC(=O)O)NC(=O)CNC(=O)CNC(=O)[C@H](C)NC(=O)CNC(=O)CNC(=O)CN)C(=O)O. The third-order valence-electron chi connectivity index (χ3n) is 5.63. The zero-order valence-electron chi connectivity index (χ0n) is 26.1. The van der Waals surface area contributed by atoms with Gasteiger partial charge >= 0.3 is 11.9 Å². The fourth-order valence-corrected chi connectivity index (χ4v) is 3.08. The second-order valence-electron chi connectivity index (χ2n) is 9.72. The summed E-state index contributed by atoms with van der Waals surface area (Å²) in [6.45, 7) is -1.38. The van der Waals surface area contributed by atoms with Crippen molar-refractivity contribution in [1.29, 1.82) is 0 Å². The summed E-state index contributed by atoms with van der Waals surface area (Å²) in [5, 5.41) is 37.3. The van der Waals surface area contributed by atoms with Crippen molar-refractivity contribution in [2.45, 2.75) is 44.8 Å². The standard InChI is InChI=1S/C25H40N10O13/c1-12(33-19(40)9-28-16(37)6-27-15(36)5-26)23(45)31-7-17(38)30-11-21(42)35-14(3-4-22(43)44)24(46)32-8-18(39)29-10-20(41)34-13(2)25(47)48/h12-14H,3-11,26H2,1-2H3,(H,27,36)(H,28,37)(H,29,39)(H,30,38)(H,31,45)(H,32,46)(H,33,40)(H,34,41)(H,35,42)(H,43,44)(H,47,48)/t12-,13-,14-/m0/s1. The van der Waals surface area contributed by atoms with Crippen LogP contribution in [0, 0.1) is 0 Å². The molecular formula is C25H40N10O13. The van der Waals surface area contributed by atoms with Crippen molar-refractivity contribution < 1.29 is 63.0 Å². The van der Waals surface area contributed by atoms with Crippen molar-refractivity contribution in [3.8, 4) is 0 Å². The number of nitrogens with one attached hydrogen (secondary N) is 9. The summed E-state index contributed by atoms with van der Waals surface area (Å²) in [4.78, 5) is 129. The predicted molar refractivity (Wildman–Crippen MR) is 159 cm³/mol. The van der Waals surface area contributed by atoms with Crippen molar-refractivity contribution in [2.24, 2.45) is 5.73 Å². The van der Waals surface area contributed by atoms with Crippen LogP contribution in [0.15, 0.2) is 0 Å². The van der Waals surface area contributed by atoms with Gasteiger partial charge in [-0.15, -0.1) is 0 Å². The maximum Gasteiger partial charge on any atom is 0.325 e. The van der Waals surface area contributed by atoms with E-state index in [1.54, 1.807) is 0 Å². The van der Waals surface area contributed by atoms with Crippen molar-refractivity contribution in [3.05, 3.63) is 0 Å². The first-order valence-corrected chi connectivity index (χ1v) is 14.1. The smallest absolute Gasteiger partial charge is 0.325 e. The Bertz CT molecular complexity index is 1240. The first-order valence-electron chi connectivity index (χ1n) is 14.1. The molecule has 9 amide bonds. The first kappa shape index (κ1) is 42.1.